The van der Waals surface area contributed by atoms with Crippen molar-refractivity contribution in [2.75, 3.05) is 19.8 Å². The van der Waals surface area contributed by atoms with Crippen LogP contribution in [-0.2, 0) is 41.7 Å². The van der Waals surface area contributed by atoms with Crippen LogP contribution in [0, 0.1) is 5.92 Å². The summed E-state index contributed by atoms with van der Waals surface area (Å²) in [6, 6.07) is 1.26. The lowest BCUT2D eigenvalue weighted by Crippen LogP contribution is -2.56. The molecule has 13 nitrogen and oxygen atoms in total. The SMILES string of the molecule is O=C(N[C@H]1CCCCC/C=C\[C@@H]2C[C@@]2(C(=O)O)NC(=O)C2C[C@@H](OC(=O)N3Cc4cc(Cl)c(Cl)cc4C3)CN2C1=O)O[C@@H]1CCOC1. The number of rotatable bonds is 4. The molecule has 1 unspecified atom stereocenters. The van der Waals surface area contributed by atoms with E-state index in [0.717, 1.165) is 30.4 Å². The first-order valence-corrected chi connectivity index (χ1v) is 16.8. The maximum Gasteiger partial charge on any atom is 0.410 e. The number of hydrogen-bond acceptors (Lipinski definition) is 8. The fourth-order valence-corrected chi connectivity index (χ4v) is 7.19. The largest absolute Gasteiger partial charge is 0.479 e. The molecule has 2 saturated heterocycles. The van der Waals surface area contributed by atoms with Gasteiger partial charge >= 0.3 is 18.2 Å². The van der Waals surface area contributed by atoms with Crippen LogP contribution in [0.3, 0.4) is 0 Å². The molecule has 15 heteroatoms. The molecule has 0 spiro atoms. The van der Waals surface area contributed by atoms with Crippen molar-refractivity contribution >= 4 is 53.2 Å². The lowest BCUT2D eigenvalue weighted by Gasteiger charge is -2.29. The Balaban J connectivity index is 1.20. The van der Waals surface area contributed by atoms with Crippen LogP contribution in [0.2, 0.25) is 10.0 Å². The normalized spacial score (nSPS) is 31.4. The van der Waals surface area contributed by atoms with Crippen molar-refractivity contribution in [1.29, 1.82) is 0 Å². The molecular weight excluding hydrogens is 655 g/mol. The molecule has 0 bridgehead atoms. The lowest BCUT2D eigenvalue weighted by molar-refractivity contribution is -0.145. The van der Waals surface area contributed by atoms with Gasteiger partial charge in [-0.2, -0.15) is 0 Å². The molecular formula is C32H38Cl2N4O9. The first-order chi connectivity index (χ1) is 22.5. The topological polar surface area (TPSA) is 164 Å². The van der Waals surface area contributed by atoms with E-state index >= 15 is 0 Å². The van der Waals surface area contributed by atoms with Crippen molar-refractivity contribution in [3.05, 3.63) is 45.5 Å². The number of ether oxygens (including phenoxy) is 3. The molecule has 6 atom stereocenters. The maximum absolute atomic E-state index is 14.1. The third-order valence-corrected chi connectivity index (χ3v) is 10.3. The molecule has 1 saturated carbocycles. The monoisotopic (exact) mass is 692 g/mol. The molecule has 4 aliphatic heterocycles. The van der Waals surface area contributed by atoms with Crippen LogP contribution in [-0.4, -0.2) is 94.5 Å². The van der Waals surface area contributed by atoms with Crippen molar-refractivity contribution in [2.45, 2.75) is 94.3 Å². The molecule has 4 heterocycles. The molecule has 1 aromatic rings. The van der Waals surface area contributed by atoms with Gasteiger partial charge in [0, 0.05) is 31.8 Å². The van der Waals surface area contributed by atoms with Gasteiger partial charge in [-0.3, -0.25) is 14.5 Å². The smallest absolute Gasteiger partial charge is 0.410 e. The highest BCUT2D eigenvalue weighted by Gasteiger charge is 2.61. The lowest BCUT2D eigenvalue weighted by atomic mass is 10.0. The Bertz CT molecular complexity index is 1440. The van der Waals surface area contributed by atoms with Gasteiger partial charge in [-0.25, -0.2) is 14.4 Å². The molecule has 1 aromatic carbocycles. The van der Waals surface area contributed by atoms with Crippen LogP contribution in [0.25, 0.3) is 0 Å². The number of allylic oxidation sites excluding steroid dienone is 1. The number of benzene rings is 1. The van der Waals surface area contributed by atoms with Gasteiger partial charge in [-0.15, -0.1) is 0 Å². The van der Waals surface area contributed by atoms with Gasteiger partial charge in [-0.05, 0) is 48.9 Å². The van der Waals surface area contributed by atoms with E-state index in [1.54, 1.807) is 12.1 Å². The van der Waals surface area contributed by atoms with E-state index in [2.05, 4.69) is 10.6 Å². The van der Waals surface area contributed by atoms with Crippen molar-refractivity contribution in [1.82, 2.24) is 20.4 Å². The highest BCUT2D eigenvalue weighted by molar-refractivity contribution is 6.42. The summed E-state index contributed by atoms with van der Waals surface area (Å²) in [5.41, 5.74) is 0.190. The zero-order valence-corrected chi connectivity index (χ0v) is 27.3. The number of carbonyl (C=O) groups excluding carboxylic acids is 4. The van der Waals surface area contributed by atoms with Gasteiger partial charge in [0.1, 0.15) is 29.8 Å². The number of carbonyl (C=O) groups is 5. The quantitative estimate of drug-likeness (QED) is 0.399. The minimum atomic E-state index is -1.48. The van der Waals surface area contributed by atoms with Crippen LogP contribution < -0.4 is 10.6 Å². The Kier molecular flexibility index (Phi) is 9.86. The number of aliphatic carboxylic acids is 1. The first kappa shape index (κ1) is 33.4. The Morgan fingerprint density at radius 1 is 1.02 bits per heavy atom. The Hall–Kier alpha value is -3.55. The minimum absolute atomic E-state index is 0.0471. The fourth-order valence-electron chi connectivity index (χ4n) is 6.82. The number of amides is 4. The predicted octanol–water partition coefficient (Wildman–Crippen LogP) is 3.78. The Morgan fingerprint density at radius 2 is 1.77 bits per heavy atom. The van der Waals surface area contributed by atoms with E-state index in [0.29, 0.717) is 35.9 Å². The third-order valence-electron chi connectivity index (χ3n) is 9.57. The molecule has 5 aliphatic rings. The molecule has 3 fully saturated rings. The summed E-state index contributed by atoms with van der Waals surface area (Å²) in [6.45, 7) is 1.13. The minimum Gasteiger partial charge on any atom is -0.479 e. The number of carboxylic acids is 1. The number of hydrogen-bond donors (Lipinski definition) is 3. The Labute approximate surface area is 281 Å². The van der Waals surface area contributed by atoms with Gasteiger partial charge in [0.15, 0.2) is 0 Å². The predicted molar refractivity (Wildman–Crippen MR) is 168 cm³/mol. The summed E-state index contributed by atoms with van der Waals surface area (Å²) in [7, 11) is 0. The zero-order chi connectivity index (χ0) is 33.3. The van der Waals surface area contributed by atoms with Gasteiger partial charge < -0.3 is 34.9 Å². The van der Waals surface area contributed by atoms with Crippen molar-refractivity contribution in [2.24, 2.45) is 5.92 Å². The van der Waals surface area contributed by atoms with Crippen molar-refractivity contribution < 1.29 is 43.3 Å². The van der Waals surface area contributed by atoms with Gasteiger partial charge in [-0.1, -0.05) is 48.2 Å². The molecule has 6 rings (SSSR count). The van der Waals surface area contributed by atoms with E-state index in [1.165, 1.54) is 9.80 Å². The molecule has 0 radical (unpaired) electrons. The molecule has 4 amide bonds. The fraction of sp³-hybridized carbons (Fsp3) is 0.594. The van der Waals surface area contributed by atoms with Crippen LogP contribution in [0.4, 0.5) is 9.59 Å². The highest BCUT2D eigenvalue weighted by atomic mass is 35.5. The average molecular weight is 694 g/mol. The van der Waals surface area contributed by atoms with Crippen LogP contribution in [0.15, 0.2) is 24.3 Å². The second-order valence-corrected chi connectivity index (χ2v) is 13.7. The van der Waals surface area contributed by atoms with Gasteiger partial charge in [0.25, 0.3) is 0 Å². The van der Waals surface area contributed by atoms with Crippen LogP contribution in [0.5, 0.6) is 0 Å². The molecule has 1 aliphatic carbocycles. The van der Waals surface area contributed by atoms with E-state index in [1.807, 2.05) is 12.2 Å². The van der Waals surface area contributed by atoms with Crippen molar-refractivity contribution in [3.8, 4) is 0 Å². The number of carboxylic acid groups (broad SMARTS) is 1. The molecule has 254 valence electrons. The van der Waals surface area contributed by atoms with Gasteiger partial charge in [0.05, 0.1) is 29.8 Å². The summed E-state index contributed by atoms with van der Waals surface area (Å²) in [5, 5.41) is 16.2. The summed E-state index contributed by atoms with van der Waals surface area (Å²) < 4.78 is 16.6. The standard InChI is InChI=1S/C32H38Cl2N4O9/c33-23-10-18-14-37(15-19(18)11-24(23)34)31(44)47-22-12-26-27(39)36-32(29(41)42)13-20(32)6-4-2-1-3-5-7-25(28(40)38(26)16-22)35-30(43)46-21-8-9-45-17-21/h4,6,10-11,20-22,25-26H,1-3,5,7-9,12-17H2,(H,35,43)(H,36,39)(H,41,42)/b6-4-/t20-,21-,22-,25+,26?,32-/m1/s1. The summed E-state index contributed by atoms with van der Waals surface area (Å²) >= 11 is 12.3. The first-order valence-electron chi connectivity index (χ1n) is 16.0. The van der Waals surface area contributed by atoms with Crippen LogP contribution in [0.1, 0.15) is 62.5 Å². The second kappa shape index (κ2) is 13.9. The second-order valence-electron chi connectivity index (χ2n) is 12.9. The summed E-state index contributed by atoms with van der Waals surface area (Å²) in [6.07, 6.45) is 5.03. The summed E-state index contributed by atoms with van der Waals surface area (Å²) in [4.78, 5) is 69.2. The number of fused-ring (bicyclic) bond motifs is 3. The third kappa shape index (κ3) is 7.31. The maximum atomic E-state index is 14.1. The van der Waals surface area contributed by atoms with E-state index in [-0.39, 0.29) is 45.0 Å². The number of halogens is 2. The van der Waals surface area contributed by atoms with Crippen molar-refractivity contribution in [3.63, 3.8) is 0 Å². The van der Waals surface area contributed by atoms with Crippen LogP contribution >= 0.6 is 23.2 Å². The van der Waals surface area contributed by atoms with E-state index < -0.39 is 59.8 Å². The van der Waals surface area contributed by atoms with E-state index in [4.69, 9.17) is 37.4 Å². The number of nitrogens with zero attached hydrogens (tertiary/aromatic N) is 2. The summed E-state index contributed by atoms with van der Waals surface area (Å²) in [5.74, 6) is -2.73. The zero-order valence-electron chi connectivity index (χ0n) is 25.8. The highest BCUT2D eigenvalue weighted by Crippen LogP contribution is 2.45. The molecule has 0 aromatic heterocycles. The van der Waals surface area contributed by atoms with Gasteiger partial charge in [0.2, 0.25) is 11.8 Å². The number of nitrogens with one attached hydrogen (secondary N) is 2. The average Bonchev–Trinajstić information content (AvgIpc) is 3.42. The Morgan fingerprint density at radius 3 is 2.45 bits per heavy atom. The molecule has 3 N–H and O–H groups in total. The number of alkyl carbamates (subject to hydrolysis) is 1. The molecule has 47 heavy (non-hydrogen) atoms. The van der Waals surface area contributed by atoms with E-state index in [9.17, 15) is 29.1 Å².